The molecule has 1 aliphatic rings. The van der Waals surface area contributed by atoms with Crippen LogP contribution in [0.3, 0.4) is 0 Å². The van der Waals surface area contributed by atoms with Crippen LogP contribution in [0.25, 0.3) is 0 Å². The Kier molecular flexibility index (Phi) is 7.53. The minimum Gasteiger partial charge on any atom is -0.490 e. The molecule has 0 saturated carbocycles. The average Bonchev–Trinajstić information content (AvgIpc) is 2.76. The smallest absolute Gasteiger partial charge is 0.417 e. The van der Waals surface area contributed by atoms with Gasteiger partial charge in [0.05, 0.1) is 36.2 Å². The van der Waals surface area contributed by atoms with E-state index in [-0.39, 0.29) is 11.5 Å². The van der Waals surface area contributed by atoms with E-state index in [0.29, 0.717) is 31.1 Å². The molecule has 1 fully saturated rings. The Labute approximate surface area is 182 Å². The number of alkyl halides is 4. The van der Waals surface area contributed by atoms with Gasteiger partial charge in [-0.1, -0.05) is 15.9 Å². The summed E-state index contributed by atoms with van der Waals surface area (Å²) in [5.41, 5.74) is -0.767. The van der Waals surface area contributed by atoms with Crippen molar-refractivity contribution in [1.82, 2.24) is 9.97 Å². The number of nitriles is 1. The monoisotopic (exact) mass is 482 g/mol. The highest BCUT2D eigenvalue weighted by molar-refractivity contribution is 9.09. The van der Waals surface area contributed by atoms with Crippen LogP contribution in [0.5, 0.6) is 5.75 Å². The van der Waals surface area contributed by atoms with Crippen molar-refractivity contribution >= 4 is 21.6 Å². The summed E-state index contributed by atoms with van der Waals surface area (Å²) in [5.74, 6) is 1.53. The molecule has 0 unspecified atom stereocenters. The number of benzene rings is 1. The Morgan fingerprint density at radius 1 is 1.17 bits per heavy atom. The van der Waals surface area contributed by atoms with E-state index in [0.717, 1.165) is 42.9 Å². The maximum Gasteiger partial charge on any atom is 0.417 e. The maximum absolute atomic E-state index is 13.2. The summed E-state index contributed by atoms with van der Waals surface area (Å²) < 4.78 is 45.3. The number of piperidine rings is 1. The standard InChI is InChI=1S/C21H22BrF3N4O/c22-7-1-2-10-30-18-13-27-20(28-14-18)15-5-8-29(9-6-15)17-4-3-16(12-26)19(11-17)21(23,24)25/h3-4,11,13-15H,1-2,5-10H2. The molecule has 1 aromatic heterocycles. The number of hydrogen-bond donors (Lipinski definition) is 0. The van der Waals surface area contributed by atoms with Crippen LogP contribution in [-0.2, 0) is 6.18 Å². The van der Waals surface area contributed by atoms with Crippen molar-refractivity contribution in [1.29, 1.82) is 5.26 Å². The Morgan fingerprint density at radius 3 is 2.47 bits per heavy atom. The largest absolute Gasteiger partial charge is 0.490 e. The molecule has 2 heterocycles. The van der Waals surface area contributed by atoms with Gasteiger partial charge in [0.1, 0.15) is 5.82 Å². The van der Waals surface area contributed by atoms with Crippen LogP contribution in [0.1, 0.15) is 48.6 Å². The van der Waals surface area contributed by atoms with E-state index in [4.69, 9.17) is 10.00 Å². The number of anilines is 1. The van der Waals surface area contributed by atoms with E-state index in [2.05, 4.69) is 25.9 Å². The van der Waals surface area contributed by atoms with Crippen molar-refractivity contribution in [3.05, 3.63) is 47.5 Å². The van der Waals surface area contributed by atoms with Crippen molar-refractivity contribution < 1.29 is 17.9 Å². The molecule has 9 heteroatoms. The number of rotatable bonds is 7. The second-order valence-corrected chi connectivity index (χ2v) is 7.92. The van der Waals surface area contributed by atoms with Crippen LogP contribution in [0.4, 0.5) is 18.9 Å². The van der Waals surface area contributed by atoms with Gasteiger partial charge in [-0.15, -0.1) is 0 Å². The molecule has 160 valence electrons. The predicted molar refractivity (Wildman–Crippen MR) is 111 cm³/mol. The number of unbranched alkanes of at least 4 members (excludes halogenated alkanes) is 1. The first kappa shape index (κ1) is 22.3. The minimum absolute atomic E-state index is 0.157. The molecule has 0 aliphatic carbocycles. The molecule has 0 bridgehead atoms. The fraction of sp³-hybridized carbons (Fsp3) is 0.476. The van der Waals surface area contributed by atoms with Crippen LogP contribution in [0.15, 0.2) is 30.6 Å². The minimum atomic E-state index is -4.55. The summed E-state index contributed by atoms with van der Waals surface area (Å²) in [6, 6.07) is 5.50. The molecular formula is C21H22BrF3N4O. The topological polar surface area (TPSA) is 62.0 Å². The van der Waals surface area contributed by atoms with E-state index in [1.54, 1.807) is 24.5 Å². The van der Waals surface area contributed by atoms with Crippen LogP contribution in [0.2, 0.25) is 0 Å². The fourth-order valence-electron chi connectivity index (χ4n) is 3.45. The van der Waals surface area contributed by atoms with Gasteiger partial charge in [-0.05, 0) is 43.9 Å². The summed E-state index contributed by atoms with van der Waals surface area (Å²) in [4.78, 5) is 10.7. The molecule has 0 radical (unpaired) electrons. The predicted octanol–water partition coefficient (Wildman–Crippen LogP) is 5.30. The lowest BCUT2D eigenvalue weighted by atomic mass is 9.95. The third-order valence-electron chi connectivity index (χ3n) is 5.10. The van der Waals surface area contributed by atoms with Crippen molar-refractivity contribution in [2.45, 2.75) is 37.8 Å². The first-order valence-electron chi connectivity index (χ1n) is 9.79. The van der Waals surface area contributed by atoms with Gasteiger partial charge in [0.2, 0.25) is 0 Å². The summed E-state index contributed by atoms with van der Waals surface area (Å²) in [6.07, 6.45) is 2.29. The SMILES string of the molecule is N#Cc1ccc(N2CCC(c3ncc(OCCCCBr)cn3)CC2)cc1C(F)(F)F. The van der Waals surface area contributed by atoms with E-state index >= 15 is 0 Å². The van der Waals surface area contributed by atoms with Gasteiger partial charge in [0.25, 0.3) is 0 Å². The highest BCUT2D eigenvalue weighted by Crippen LogP contribution is 2.36. The number of hydrogen-bond acceptors (Lipinski definition) is 5. The van der Waals surface area contributed by atoms with Crippen molar-refractivity contribution in [3.8, 4) is 11.8 Å². The average molecular weight is 483 g/mol. The number of ether oxygens (including phenoxy) is 1. The third-order valence-corrected chi connectivity index (χ3v) is 5.66. The molecule has 2 aromatic rings. The van der Waals surface area contributed by atoms with Crippen molar-refractivity contribution in [3.63, 3.8) is 0 Å². The molecule has 3 rings (SSSR count). The highest BCUT2D eigenvalue weighted by atomic mass is 79.9. The van der Waals surface area contributed by atoms with Crippen LogP contribution >= 0.6 is 15.9 Å². The Hall–Kier alpha value is -2.34. The first-order valence-corrected chi connectivity index (χ1v) is 10.9. The molecule has 1 aromatic carbocycles. The van der Waals surface area contributed by atoms with E-state index < -0.39 is 11.7 Å². The van der Waals surface area contributed by atoms with Crippen LogP contribution in [0, 0.1) is 11.3 Å². The third kappa shape index (κ3) is 5.63. The zero-order valence-corrected chi connectivity index (χ0v) is 17.9. The number of aromatic nitrogens is 2. The molecule has 1 aliphatic heterocycles. The number of halogens is 4. The quantitative estimate of drug-likeness (QED) is 0.395. The van der Waals surface area contributed by atoms with Crippen LogP contribution < -0.4 is 9.64 Å². The molecule has 0 spiro atoms. The fourth-order valence-corrected chi connectivity index (χ4v) is 3.85. The Morgan fingerprint density at radius 2 is 1.87 bits per heavy atom. The molecule has 1 saturated heterocycles. The lowest BCUT2D eigenvalue weighted by molar-refractivity contribution is -0.137. The van der Waals surface area contributed by atoms with Crippen LogP contribution in [-0.4, -0.2) is 35.0 Å². The normalized spacial score (nSPS) is 15.1. The molecular weight excluding hydrogens is 461 g/mol. The van der Waals surface area contributed by atoms with Gasteiger partial charge in [0, 0.05) is 30.0 Å². The molecule has 0 amide bonds. The summed E-state index contributed by atoms with van der Waals surface area (Å²) >= 11 is 3.38. The zero-order valence-electron chi connectivity index (χ0n) is 16.3. The lowest BCUT2D eigenvalue weighted by Crippen LogP contribution is -2.33. The van der Waals surface area contributed by atoms with Crippen molar-refractivity contribution in [2.75, 3.05) is 29.9 Å². The second kappa shape index (κ2) is 10.1. The Bertz CT molecular complexity index is 875. The first-order chi connectivity index (χ1) is 14.4. The number of nitrogens with zero attached hydrogens (tertiary/aromatic N) is 4. The van der Waals surface area contributed by atoms with Gasteiger partial charge in [0.15, 0.2) is 5.75 Å². The summed E-state index contributed by atoms with van der Waals surface area (Å²) in [6.45, 7) is 1.82. The molecule has 0 atom stereocenters. The van der Waals surface area contributed by atoms with Gasteiger partial charge in [-0.2, -0.15) is 18.4 Å². The molecule has 30 heavy (non-hydrogen) atoms. The Balaban J connectivity index is 1.59. The van der Waals surface area contributed by atoms with Crippen molar-refractivity contribution in [2.24, 2.45) is 0 Å². The van der Waals surface area contributed by atoms with Gasteiger partial charge in [-0.25, -0.2) is 9.97 Å². The molecule has 5 nitrogen and oxygen atoms in total. The maximum atomic E-state index is 13.2. The zero-order chi connectivity index (χ0) is 21.6. The lowest BCUT2D eigenvalue weighted by Gasteiger charge is -2.33. The summed E-state index contributed by atoms with van der Waals surface area (Å²) in [7, 11) is 0. The van der Waals surface area contributed by atoms with E-state index in [1.165, 1.54) is 6.07 Å². The van der Waals surface area contributed by atoms with Gasteiger partial charge >= 0.3 is 6.18 Å². The van der Waals surface area contributed by atoms with E-state index in [1.807, 2.05) is 4.90 Å². The molecule has 0 N–H and O–H groups in total. The van der Waals surface area contributed by atoms with E-state index in [9.17, 15) is 13.2 Å². The second-order valence-electron chi connectivity index (χ2n) is 7.12. The van der Waals surface area contributed by atoms with Gasteiger partial charge in [-0.3, -0.25) is 0 Å². The summed E-state index contributed by atoms with van der Waals surface area (Å²) in [5, 5.41) is 9.90. The van der Waals surface area contributed by atoms with Gasteiger partial charge < -0.3 is 9.64 Å². The highest BCUT2D eigenvalue weighted by Gasteiger charge is 2.34.